The summed E-state index contributed by atoms with van der Waals surface area (Å²) >= 11 is 0. The van der Waals surface area contributed by atoms with E-state index in [-0.39, 0.29) is 0 Å². The molecule has 1 aromatic carbocycles. The first kappa shape index (κ1) is 10.8. The first-order valence-corrected chi connectivity index (χ1v) is 6.24. The number of likely N-dealkylation sites (N-methyl/N-ethyl adjacent to an activating group) is 1. The molecule has 3 heteroatoms. The number of nitrogens with zero attached hydrogens (tertiary/aromatic N) is 1. The first-order chi connectivity index (χ1) is 8.25. The third-order valence-corrected chi connectivity index (χ3v) is 3.81. The zero-order valence-electron chi connectivity index (χ0n) is 10.5. The molecule has 1 aliphatic heterocycles. The molecule has 1 aliphatic rings. The molecule has 90 valence electrons. The number of benzene rings is 1. The van der Waals surface area contributed by atoms with Crippen molar-refractivity contribution in [3.63, 3.8) is 0 Å². The predicted octanol–water partition coefficient (Wildman–Crippen LogP) is 2.05. The van der Waals surface area contributed by atoms with E-state index < -0.39 is 0 Å². The number of piperazine rings is 1. The molecule has 2 heterocycles. The largest absolute Gasteiger partial charge is 0.361 e. The number of rotatable bonds is 1. The van der Waals surface area contributed by atoms with Crippen molar-refractivity contribution in [2.75, 3.05) is 26.7 Å². The Morgan fingerprint density at radius 3 is 3.06 bits per heavy atom. The standard InChI is InChI=1S/C14H19N3/c1-10-8-16-13-4-3-11(7-12(10)13)14-9-15-5-6-17(14)2/h3-4,7-8,14-16H,5-6,9H2,1-2H3. The van der Waals surface area contributed by atoms with Gasteiger partial charge >= 0.3 is 0 Å². The lowest BCUT2D eigenvalue weighted by Crippen LogP contribution is -2.43. The van der Waals surface area contributed by atoms with E-state index >= 15 is 0 Å². The van der Waals surface area contributed by atoms with Crippen LogP contribution in [0.2, 0.25) is 0 Å². The smallest absolute Gasteiger partial charge is 0.0470 e. The second-order valence-electron chi connectivity index (χ2n) is 4.98. The Morgan fingerprint density at radius 1 is 1.35 bits per heavy atom. The zero-order chi connectivity index (χ0) is 11.8. The molecule has 0 saturated carbocycles. The first-order valence-electron chi connectivity index (χ1n) is 6.24. The van der Waals surface area contributed by atoms with E-state index in [1.54, 1.807) is 0 Å². The van der Waals surface area contributed by atoms with E-state index in [1.165, 1.54) is 22.0 Å². The van der Waals surface area contributed by atoms with Gasteiger partial charge in [0.1, 0.15) is 0 Å². The summed E-state index contributed by atoms with van der Waals surface area (Å²) in [6.07, 6.45) is 2.08. The van der Waals surface area contributed by atoms with Crippen LogP contribution in [-0.2, 0) is 0 Å². The van der Waals surface area contributed by atoms with Crippen LogP contribution in [0.3, 0.4) is 0 Å². The molecule has 0 radical (unpaired) electrons. The van der Waals surface area contributed by atoms with Crippen molar-refractivity contribution in [2.24, 2.45) is 0 Å². The molecule has 1 saturated heterocycles. The van der Waals surface area contributed by atoms with Gasteiger partial charge < -0.3 is 10.3 Å². The average molecular weight is 229 g/mol. The number of H-pyrrole nitrogens is 1. The molecule has 3 rings (SSSR count). The Morgan fingerprint density at radius 2 is 2.24 bits per heavy atom. The molecule has 1 unspecified atom stereocenters. The van der Waals surface area contributed by atoms with E-state index in [0.29, 0.717) is 6.04 Å². The van der Waals surface area contributed by atoms with Crippen LogP contribution in [0.15, 0.2) is 24.4 Å². The highest BCUT2D eigenvalue weighted by Gasteiger charge is 2.20. The maximum absolute atomic E-state index is 3.47. The van der Waals surface area contributed by atoms with Crippen LogP contribution >= 0.6 is 0 Å². The van der Waals surface area contributed by atoms with E-state index in [4.69, 9.17) is 0 Å². The molecular formula is C14H19N3. The molecular weight excluding hydrogens is 210 g/mol. The fourth-order valence-corrected chi connectivity index (χ4v) is 2.66. The highest BCUT2D eigenvalue weighted by molar-refractivity contribution is 5.83. The Hall–Kier alpha value is -1.32. The fourth-order valence-electron chi connectivity index (χ4n) is 2.66. The summed E-state index contributed by atoms with van der Waals surface area (Å²) < 4.78 is 0. The third-order valence-electron chi connectivity index (χ3n) is 3.81. The minimum absolute atomic E-state index is 0.502. The number of aryl methyl sites for hydroxylation is 1. The third kappa shape index (κ3) is 1.85. The predicted molar refractivity (Wildman–Crippen MR) is 71.3 cm³/mol. The van der Waals surface area contributed by atoms with Crippen LogP contribution in [0.1, 0.15) is 17.2 Å². The summed E-state index contributed by atoms with van der Waals surface area (Å²) in [6.45, 7) is 5.42. The van der Waals surface area contributed by atoms with Crippen molar-refractivity contribution < 1.29 is 0 Å². The average Bonchev–Trinajstić information content (AvgIpc) is 2.71. The van der Waals surface area contributed by atoms with Crippen molar-refractivity contribution in [1.82, 2.24) is 15.2 Å². The number of hydrogen-bond acceptors (Lipinski definition) is 2. The summed E-state index contributed by atoms with van der Waals surface area (Å²) in [5, 5.41) is 4.82. The van der Waals surface area contributed by atoms with Gasteiger partial charge in [-0.3, -0.25) is 4.90 Å². The molecule has 1 aromatic heterocycles. The van der Waals surface area contributed by atoms with Crippen molar-refractivity contribution >= 4 is 10.9 Å². The number of hydrogen-bond donors (Lipinski definition) is 2. The SMILES string of the molecule is Cc1c[nH]c2ccc(C3CNCCN3C)cc12. The fraction of sp³-hybridized carbons (Fsp3) is 0.429. The number of fused-ring (bicyclic) bond motifs is 1. The minimum Gasteiger partial charge on any atom is -0.361 e. The van der Waals surface area contributed by atoms with Gasteiger partial charge in [0.05, 0.1) is 0 Å². The van der Waals surface area contributed by atoms with Gasteiger partial charge in [0.2, 0.25) is 0 Å². The second-order valence-corrected chi connectivity index (χ2v) is 4.98. The quantitative estimate of drug-likeness (QED) is 0.784. The summed E-state index contributed by atoms with van der Waals surface area (Å²) in [6, 6.07) is 7.27. The van der Waals surface area contributed by atoms with Crippen molar-refractivity contribution in [2.45, 2.75) is 13.0 Å². The molecule has 1 fully saturated rings. The van der Waals surface area contributed by atoms with Gasteiger partial charge in [-0.05, 0) is 37.2 Å². The molecule has 2 N–H and O–H groups in total. The Labute approximate surface area is 102 Å². The maximum atomic E-state index is 3.47. The van der Waals surface area contributed by atoms with Crippen LogP contribution in [0.4, 0.5) is 0 Å². The van der Waals surface area contributed by atoms with Crippen LogP contribution in [0.5, 0.6) is 0 Å². The van der Waals surface area contributed by atoms with Gasteiger partial charge in [0, 0.05) is 42.8 Å². The van der Waals surface area contributed by atoms with Crippen LogP contribution in [-0.4, -0.2) is 36.6 Å². The topological polar surface area (TPSA) is 31.1 Å². The summed E-state index contributed by atoms with van der Waals surface area (Å²) in [5.41, 5.74) is 3.97. The number of aromatic amines is 1. The van der Waals surface area contributed by atoms with Crippen molar-refractivity contribution in [3.05, 3.63) is 35.5 Å². The van der Waals surface area contributed by atoms with Gasteiger partial charge in [-0.1, -0.05) is 6.07 Å². The van der Waals surface area contributed by atoms with E-state index in [9.17, 15) is 0 Å². The molecule has 0 bridgehead atoms. The Kier molecular flexibility index (Phi) is 2.65. The summed E-state index contributed by atoms with van der Waals surface area (Å²) in [5.74, 6) is 0. The Balaban J connectivity index is 2.01. The molecule has 17 heavy (non-hydrogen) atoms. The minimum atomic E-state index is 0.502. The molecule has 0 aliphatic carbocycles. The van der Waals surface area contributed by atoms with Crippen molar-refractivity contribution in [1.29, 1.82) is 0 Å². The lowest BCUT2D eigenvalue weighted by atomic mass is 10.0. The van der Waals surface area contributed by atoms with E-state index in [2.05, 4.69) is 53.6 Å². The molecule has 3 nitrogen and oxygen atoms in total. The van der Waals surface area contributed by atoms with Gasteiger partial charge in [-0.2, -0.15) is 0 Å². The zero-order valence-corrected chi connectivity index (χ0v) is 10.5. The Bertz CT molecular complexity index is 529. The van der Waals surface area contributed by atoms with Gasteiger partial charge in [-0.15, -0.1) is 0 Å². The summed E-state index contributed by atoms with van der Waals surface area (Å²) in [7, 11) is 2.21. The van der Waals surface area contributed by atoms with Crippen LogP contribution in [0, 0.1) is 6.92 Å². The van der Waals surface area contributed by atoms with Crippen molar-refractivity contribution in [3.8, 4) is 0 Å². The second kappa shape index (κ2) is 4.17. The molecule has 2 aromatic rings. The van der Waals surface area contributed by atoms with Crippen LogP contribution < -0.4 is 5.32 Å². The van der Waals surface area contributed by atoms with Gasteiger partial charge in [0.15, 0.2) is 0 Å². The normalized spacial score (nSPS) is 22.1. The number of aromatic nitrogens is 1. The van der Waals surface area contributed by atoms with Gasteiger partial charge in [-0.25, -0.2) is 0 Å². The summed E-state index contributed by atoms with van der Waals surface area (Å²) in [4.78, 5) is 5.73. The lowest BCUT2D eigenvalue weighted by Gasteiger charge is -2.33. The van der Waals surface area contributed by atoms with E-state index in [0.717, 1.165) is 19.6 Å². The highest BCUT2D eigenvalue weighted by atomic mass is 15.2. The molecule has 0 amide bonds. The molecule has 0 spiro atoms. The number of nitrogens with one attached hydrogen (secondary N) is 2. The highest BCUT2D eigenvalue weighted by Crippen LogP contribution is 2.26. The monoisotopic (exact) mass is 229 g/mol. The van der Waals surface area contributed by atoms with Crippen LogP contribution in [0.25, 0.3) is 10.9 Å². The molecule has 1 atom stereocenters. The maximum Gasteiger partial charge on any atom is 0.0470 e. The van der Waals surface area contributed by atoms with E-state index in [1.807, 2.05) is 0 Å². The lowest BCUT2D eigenvalue weighted by molar-refractivity contribution is 0.202. The van der Waals surface area contributed by atoms with Gasteiger partial charge in [0.25, 0.3) is 0 Å².